The van der Waals surface area contributed by atoms with Crippen molar-refractivity contribution in [2.45, 2.75) is 19.4 Å². The van der Waals surface area contributed by atoms with Gasteiger partial charge >= 0.3 is 6.03 Å². The number of halogens is 2. The van der Waals surface area contributed by atoms with Crippen LogP contribution in [0.4, 0.5) is 19.3 Å². The molecule has 3 N–H and O–H groups in total. The average Bonchev–Trinajstić information content (AvgIpc) is 2.91. The van der Waals surface area contributed by atoms with Crippen LogP contribution in [0, 0.1) is 5.82 Å². The summed E-state index contributed by atoms with van der Waals surface area (Å²) in [6, 6.07) is 4.78. The van der Waals surface area contributed by atoms with Gasteiger partial charge in [0.25, 0.3) is 0 Å². The Kier molecular flexibility index (Phi) is 4.30. The molecule has 0 aliphatic carbocycles. The van der Waals surface area contributed by atoms with E-state index >= 15 is 0 Å². The molecule has 0 aliphatic heterocycles. The van der Waals surface area contributed by atoms with Crippen molar-refractivity contribution in [2.75, 3.05) is 12.4 Å². The number of nitrogen functional groups attached to an aromatic ring is 1. The topological polar surface area (TPSA) is 82.2 Å². The van der Waals surface area contributed by atoms with Gasteiger partial charge < -0.3 is 15.8 Å². The first kappa shape index (κ1) is 15.7. The molecule has 1 heterocycles. The molecule has 2 aromatic rings. The molecule has 0 unspecified atom stereocenters. The highest BCUT2D eigenvalue weighted by Gasteiger charge is 2.21. The maximum Gasteiger partial charge on any atom is 0.342 e. The van der Waals surface area contributed by atoms with Crippen LogP contribution in [0.3, 0.4) is 0 Å². The van der Waals surface area contributed by atoms with Gasteiger partial charge in [-0.1, -0.05) is 0 Å². The number of nitrogens with zero attached hydrogens (tertiary/aromatic N) is 2. The summed E-state index contributed by atoms with van der Waals surface area (Å²) in [5.74, 6) is -0.321. The summed E-state index contributed by atoms with van der Waals surface area (Å²) < 4.78 is 32.3. The molecule has 0 bridgehead atoms. The number of nitrogens with one attached hydrogen (secondary N) is 1. The Bertz CT molecular complexity index is 685. The van der Waals surface area contributed by atoms with E-state index in [0.29, 0.717) is 0 Å². The fourth-order valence-corrected chi connectivity index (χ4v) is 1.55. The molecule has 0 saturated heterocycles. The maximum atomic E-state index is 13.3. The molecular formula is C14H16F2N4O2. The summed E-state index contributed by atoms with van der Waals surface area (Å²) in [6.45, 7) is 2.38. The van der Waals surface area contributed by atoms with Crippen molar-refractivity contribution in [2.24, 2.45) is 0 Å². The highest BCUT2D eigenvalue weighted by Crippen LogP contribution is 2.23. The number of amides is 1. The quantitative estimate of drug-likeness (QED) is 0.851. The molecule has 22 heavy (non-hydrogen) atoms. The van der Waals surface area contributed by atoms with E-state index in [4.69, 9.17) is 10.5 Å². The number of ether oxygens (including phenoxy) is 1. The van der Waals surface area contributed by atoms with Crippen molar-refractivity contribution in [3.05, 3.63) is 36.3 Å². The number of nitrogens with two attached hydrogens (primary N) is 1. The SMILES string of the molecule is CC(C)(CF)NC(=O)n1ccc(Oc2ccc(N)c(F)c2)n1. The Hall–Kier alpha value is -2.64. The number of hydrogen-bond donors (Lipinski definition) is 2. The molecule has 6 nitrogen and oxygen atoms in total. The summed E-state index contributed by atoms with van der Waals surface area (Å²) in [6.07, 6.45) is 1.35. The fraction of sp³-hybridized carbons (Fsp3) is 0.286. The molecule has 0 aliphatic rings. The Morgan fingerprint density at radius 1 is 1.45 bits per heavy atom. The lowest BCUT2D eigenvalue weighted by molar-refractivity contribution is 0.219. The Balaban J connectivity index is 2.08. The molecule has 0 saturated carbocycles. The molecular weight excluding hydrogens is 294 g/mol. The summed E-state index contributed by atoms with van der Waals surface area (Å²) in [4.78, 5) is 11.9. The van der Waals surface area contributed by atoms with Crippen molar-refractivity contribution in [3.63, 3.8) is 0 Å². The number of benzene rings is 1. The van der Waals surface area contributed by atoms with Gasteiger partial charge in [-0.2, -0.15) is 4.68 Å². The maximum absolute atomic E-state index is 13.3. The van der Waals surface area contributed by atoms with E-state index < -0.39 is 24.1 Å². The fourth-order valence-electron chi connectivity index (χ4n) is 1.55. The third kappa shape index (κ3) is 3.72. The average molecular weight is 310 g/mol. The van der Waals surface area contributed by atoms with Crippen molar-refractivity contribution in [1.29, 1.82) is 0 Å². The number of hydrogen-bond acceptors (Lipinski definition) is 4. The number of alkyl halides is 1. The van der Waals surface area contributed by atoms with E-state index in [2.05, 4.69) is 10.4 Å². The van der Waals surface area contributed by atoms with Gasteiger partial charge in [0.05, 0.1) is 11.2 Å². The molecule has 1 aromatic carbocycles. The van der Waals surface area contributed by atoms with Gasteiger partial charge in [-0.3, -0.25) is 0 Å². The van der Waals surface area contributed by atoms with Gasteiger partial charge in [-0.15, -0.1) is 5.10 Å². The Morgan fingerprint density at radius 3 is 2.82 bits per heavy atom. The largest absolute Gasteiger partial charge is 0.437 e. The van der Waals surface area contributed by atoms with Crippen LogP contribution in [-0.2, 0) is 0 Å². The predicted octanol–water partition coefficient (Wildman–Crippen LogP) is 2.70. The second-order valence-electron chi connectivity index (χ2n) is 5.33. The zero-order valence-electron chi connectivity index (χ0n) is 12.1. The number of aromatic nitrogens is 2. The van der Waals surface area contributed by atoms with Crippen LogP contribution < -0.4 is 15.8 Å². The minimum Gasteiger partial charge on any atom is -0.437 e. The highest BCUT2D eigenvalue weighted by atomic mass is 19.1. The standard InChI is InChI=1S/C14H16F2N4O2/c1-14(2,8-15)18-13(21)20-6-5-12(19-20)22-9-3-4-11(17)10(16)7-9/h3-7H,8,17H2,1-2H3,(H,18,21). The van der Waals surface area contributed by atoms with Crippen molar-refractivity contribution in [3.8, 4) is 11.6 Å². The molecule has 2 rings (SSSR count). The molecule has 1 aromatic heterocycles. The van der Waals surface area contributed by atoms with E-state index in [1.807, 2.05) is 0 Å². The van der Waals surface area contributed by atoms with Crippen molar-refractivity contribution < 1.29 is 18.3 Å². The van der Waals surface area contributed by atoms with Gasteiger partial charge in [-0.05, 0) is 26.0 Å². The molecule has 118 valence electrons. The van der Waals surface area contributed by atoms with Gasteiger partial charge in [0.15, 0.2) is 0 Å². The summed E-state index contributed by atoms with van der Waals surface area (Å²) >= 11 is 0. The first-order valence-electron chi connectivity index (χ1n) is 6.48. The predicted molar refractivity (Wildman–Crippen MR) is 77.1 cm³/mol. The van der Waals surface area contributed by atoms with E-state index in [9.17, 15) is 13.6 Å². The van der Waals surface area contributed by atoms with Crippen LogP contribution in [-0.4, -0.2) is 28.0 Å². The molecule has 0 atom stereocenters. The second kappa shape index (κ2) is 6.00. The highest BCUT2D eigenvalue weighted by molar-refractivity contribution is 5.76. The normalized spacial score (nSPS) is 11.3. The summed E-state index contributed by atoms with van der Waals surface area (Å²) in [5, 5.41) is 6.35. The van der Waals surface area contributed by atoms with E-state index in [-0.39, 0.29) is 17.3 Å². The third-order valence-electron chi connectivity index (χ3n) is 2.75. The van der Waals surface area contributed by atoms with Crippen LogP contribution in [0.2, 0.25) is 0 Å². The van der Waals surface area contributed by atoms with E-state index in [1.165, 1.54) is 24.4 Å². The van der Waals surface area contributed by atoms with Gasteiger partial charge in [0, 0.05) is 18.3 Å². The Morgan fingerprint density at radius 2 is 2.18 bits per heavy atom. The zero-order valence-corrected chi connectivity index (χ0v) is 12.1. The van der Waals surface area contributed by atoms with Crippen molar-refractivity contribution in [1.82, 2.24) is 15.1 Å². The molecule has 0 spiro atoms. The van der Waals surface area contributed by atoms with Crippen LogP contribution >= 0.6 is 0 Å². The molecule has 8 heteroatoms. The molecule has 0 fully saturated rings. The molecule has 0 radical (unpaired) electrons. The monoisotopic (exact) mass is 310 g/mol. The smallest absolute Gasteiger partial charge is 0.342 e. The first-order chi connectivity index (χ1) is 10.3. The number of carbonyl (C=O) groups is 1. The summed E-state index contributed by atoms with van der Waals surface area (Å²) in [7, 11) is 0. The van der Waals surface area contributed by atoms with Crippen LogP contribution in [0.15, 0.2) is 30.5 Å². The Labute approximate surface area is 125 Å². The van der Waals surface area contributed by atoms with Crippen LogP contribution in [0.1, 0.15) is 13.8 Å². The molecule has 1 amide bonds. The number of rotatable bonds is 4. The van der Waals surface area contributed by atoms with Gasteiger partial charge in [0.2, 0.25) is 5.88 Å². The number of anilines is 1. The summed E-state index contributed by atoms with van der Waals surface area (Å²) in [5.41, 5.74) is 4.37. The minimum atomic E-state index is -0.996. The lowest BCUT2D eigenvalue weighted by Crippen LogP contribution is -2.47. The third-order valence-corrected chi connectivity index (χ3v) is 2.75. The zero-order chi connectivity index (χ0) is 16.3. The van der Waals surface area contributed by atoms with Crippen molar-refractivity contribution >= 4 is 11.7 Å². The second-order valence-corrected chi connectivity index (χ2v) is 5.33. The van der Waals surface area contributed by atoms with Gasteiger partial charge in [-0.25, -0.2) is 13.6 Å². The van der Waals surface area contributed by atoms with E-state index in [1.54, 1.807) is 13.8 Å². The minimum absolute atomic E-state index is 0.00529. The first-order valence-corrected chi connectivity index (χ1v) is 6.48. The lowest BCUT2D eigenvalue weighted by Gasteiger charge is -2.21. The van der Waals surface area contributed by atoms with E-state index in [0.717, 1.165) is 10.7 Å². The lowest BCUT2D eigenvalue weighted by atomic mass is 10.1. The number of carbonyl (C=O) groups excluding carboxylic acids is 1. The van der Waals surface area contributed by atoms with Crippen LogP contribution in [0.5, 0.6) is 11.6 Å². The van der Waals surface area contributed by atoms with Gasteiger partial charge in [0.1, 0.15) is 18.2 Å². The van der Waals surface area contributed by atoms with Crippen LogP contribution in [0.25, 0.3) is 0 Å².